The van der Waals surface area contributed by atoms with Crippen molar-refractivity contribution in [1.29, 1.82) is 0 Å². The van der Waals surface area contributed by atoms with Gasteiger partial charge in [-0.2, -0.15) is 0 Å². The first-order chi connectivity index (χ1) is 7.49. The smallest absolute Gasteiger partial charge is 0.338 e. The molecule has 16 heavy (non-hydrogen) atoms. The summed E-state index contributed by atoms with van der Waals surface area (Å²) in [5, 5.41) is 10.6. The maximum absolute atomic E-state index is 11.4. The third-order valence-corrected chi connectivity index (χ3v) is 2.54. The van der Waals surface area contributed by atoms with E-state index in [4.69, 9.17) is 16.3 Å². The summed E-state index contributed by atoms with van der Waals surface area (Å²) in [6.45, 7) is 3.47. The molecule has 0 spiro atoms. The Morgan fingerprint density at radius 1 is 1.56 bits per heavy atom. The Hall–Kier alpha value is -1.62. The normalized spacial score (nSPS) is 9.94. The van der Waals surface area contributed by atoms with Crippen LogP contribution in [0.4, 0.5) is 5.69 Å². The summed E-state index contributed by atoms with van der Waals surface area (Å²) in [6, 6.07) is 2.54. The maximum atomic E-state index is 11.4. The summed E-state index contributed by atoms with van der Waals surface area (Å²) in [6.07, 6.45) is 0. The zero-order valence-electron chi connectivity index (χ0n) is 8.82. The van der Waals surface area contributed by atoms with Crippen molar-refractivity contribution in [2.45, 2.75) is 13.8 Å². The van der Waals surface area contributed by atoms with Crippen LogP contribution in [0.3, 0.4) is 0 Å². The van der Waals surface area contributed by atoms with E-state index in [0.29, 0.717) is 5.56 Å². The SMILES string of the molecule is CCOC(=O)c1ccc([N+](=O)[O-])c(Cl)c1C. The van der Waals surface area contributed by atoms with Crippen LogP contribution in [0.15, 0.2) is 12.1 Å². The summed E-state index contributed by atoms with van der Waals surface area (Å²) in [4.78, 5) is 21.4. The number of nitrogens with zero attached hydrogens (tertiary/aromatic N) is 1. The second kappa shape index (κ2) is 4.94. The number of benzene rings is 1. The third kappa shape index (κ3) is 2.30. The van der Waals surface area contributed by atoms with Gasteiger partial charge in [0.15, 0.2) is 0 Å². The minimum Gasteiger partial charge on any atom is -0.462 e. The van der Waals surface area contributed by atoms with Gasteiger partial charge in [-0.1, -0.05) is 11.6 Å². The number of hydrogen-bond acceptors (Lipinski definition) is 4. The van der Waals surface area contributed by atoms with Crippen molar-refractivity contribution in [3.05, 3.63) is 38.4 Å². The predicted octanol–water partition coefficient (Wildman–Crippen LogP) is 2.73. The van der Waals surface area contributed by atoms with Crippen LogP contribution in [0.25, 0.3) is 0 Å². The van der Waals surface area contributed by atoms with Gasteiger partial charge >= 0.3 is 5.97 Å². The molecule has 5 nitrogen and oxygen atoms in total. The molecule has 0 aliphatic carbocycles. The van der Waals surface area contributed by atoms with Crippen LogP contribution in [-0.4, -0.2) is 17.5 Å². The Kier molecular flexibility index (Phi) is 3.84. The standard InChI is InChI=1S/C10H10ClNO4/c1-3-16-10(13)7-4-5-8(12(14)15)9(11)6(7)2/h4-5H,3H2,1-2H3. The largest absolute Gasteiger partial charge is 0.462 e. The second-order valence-electron chi connectivity index (χ2n) is 3.05. The fraction of sp³-hybridized carbons (Fsp3) is 0.300. The van der Waals surface area contributed by atoms with Crippen LogP contribution in [0.5, 0.6) is 0 Å². The van der Waals surface area contributed by atoms with Gasteiger partial charge in [-0.3, -0.25) is 10.1 Å². The number of hydrogen-bond donors (Lipinski definition) is 0. The molecule has 1 aromatic carbocycles. The van der Waals surface area contributed by atoms with Crippen LogP contribution in [-0.2, 0) is 4.74 Å². The number of nitro groups is 1. The molecular formula is C10H10ClNO4. The number of ether oxygens (including phenoxy) is 1. The van der Waals surface area contributed by atoms with E-state index >= 15 is 0 Å². The molecule has 0 aliphatic rings. The van der Waals surface area contributed by atoms with E-state index in [1.54, 1.807) is 13.8 Å². The topological polar surface area (TPSA) is 69.4 Å². The minimum atomic E-state index is -0.593. The predicted molar refractivity (Wildman–Crippen MR) is 58.8 cm³/mol. The average molecular weight is 244 g/mol. The molecule has 0 saturated carbocycles. The Morgan fingerprint density at radius 2 is 2.19 bits per heavy atom. The van der Waals surface area contributed by atoms with Crippen LogP contribution in [0.2, 0.25) is 5.02 Å². The fourth-order valence-corrected chi connectivity index (χ4v) is 1.48. The molecule has 0 heterocycles. The summed E-state index contributed by atoms with van der Waals surface area (Å²) in [7, 11) is 0. The van der Waals surface area contributed by atoms with E-state index in [0.717, 1.165) is 0 Å². The van der Waals surface area contributed by atoms with Crippen molar-refractivity contribution in [3.63, 3.8) is 0 Å². The van der Waals surface area contributed by atoms with E-state index in [1.807, 2.05) is 0 Å². The van der Waals surface area contributed by atoms with Gasteiger partial charge in [0.25, 0.3) is 5.69 Å². The molecular weight excluding hydrogens is 234 g/mol. The van der Waals surface area contributed by atoms with Gasteiger partial charge in [0.05, 0.1) is 17.1 Å². The van der Waals surface area contributed by atoms with Crippen molar-refractivity contribution in [2.75, 3.05) is 6.61 Å². The Labute approximate surface area is 97.1 Å². The van der Waals surface area contributed by atoms with Crippen LogP contribution in [0, 0.1) is 17.0 Å². The quantitative estimate of drug-likeness (QED) is 0.465. The number of carbonyl (C=O) groups is 1. The fourth-order valence-electron chi connectivity index (χ4n) is 1.24. The summed E-state index contributed by atoms with van der Waals surface area (Å²) >= 11 is 5.79. The number of halogens is 1. The maximum Gasteiger partial charge on any atom is 0.338 e. The molecule has 0 atom stereocenters. The molecule has 86 valence electrons. The van der Waals surface area contributed by atoms with Gasteiger partial charge in [-0.25, -0.2) is 4.79 Å². The van der Waals surface area contributed by atoms with Crippen LogP contribution < -0.4 is 0 Å². The molecule has 0 amide bonds. The molecule has 0 saturated heterocycles. The molecule has 0 unspecified atom stereocenters. The zero-order chi connectivity index (χ0) is 12.3. The lowest BCUT2D eigenvalue weighted by atomic mass is 10.1. The van der Waals surface area contributed by atoms with E-state index in [-0.39, 0.29) is 22.9 Å². The molecule has 0 aromatic heterocycles. The molecule has 6 heteroatoms. The van der Waals surface area contributed by atoms with Crippen LogP contribution in [0.1, 0.15) is 22.8 Å². The lowest BCUT2D eigenvalue weighted by Crippen LogP contribution is -2.07. The van der Waals surface area contributed by atoms with Gasteiger partial charge < -0.3 is 4.74 Å². The van der Waals surface area contributed by atoms with Gasteiger partial charge in [-0.15, -0.1) is 0 Å². The molecule has 0 radical (unpaired) electrons. The highest BCUT2D eigenvalue weighted by molar-refractivity contribution is 6.33. The monoisotopic (exact) mass is 243 g/mol. The first kappa shape index (κ1) is 12.4. The number of nitro benzene ring substituents is 1. The van der Waals surface area contributed by atoms with Crippen molar-refractivity contribution in [2.24, 2.45) is 0 Å². The van der Waals surface area contributed by atoms with E-state index in [9.17, 15) is 14.9 Å². The lowest BCUT2D eigenvalue weighted by molar-refractivity contribution is -0.384. The Bertz CT molecular complexity index is 445. The van der Waals surface area contributed by atoms with Gasteiger partial charge in [0.1, 0.15) is 5.02 Å². The van der Waals surface area contributed by atoms with E-state index < -0.39 is 10.9 Å². The van der Waals surface area contributed by atoms with Crippen molar-refractivity contribution in [3.8, 4) is 0 Å². The highest BCUT2D eigenvalue weighted by Crippen LogP contribution is 2.30. The second-order valence-corrected chi connectivity index (χ2v) is 3.43. The average Bonchev–Trinajstić information content (AvgIpc) is 2.21. The van der Waals surface area contributed by atoms with Gasteiger partial charge in [-0.05, 0) is 25.5 Å². The summed E-state index contributed by atoms with van der Waals surface area (Å²) in [5.74, 6) is -0.531. The zero-order valence-corrected chi connectivity index (χ0v) is 9.58. The molecule has 0 bridgehead atoms. The Balaban J connectivity index is 3.21. The van der Waals surface area contributed by atoms with Gasteiger partial charge in [0, 0.05) is 6.07 Å². The lowest BCUT2D eigenvalue weighted by Gasteiger charge is -2.06. The first-order valence-electron chi connectivity index (χ1n) is 4.59. The highest BCUT2D eigenvalue weighted by atomic mass is 35.5. The molecule has 0 fully saturated rings. The highest BCUT2D eigenvalue weighted by Gasteiger charge is 2.20. The number of rotatable bonds is 3. The first-order valence-corrected chi connectivity index (χ1v) is 4.97. The summed E-state index contributed by atoms with van der Waals surface area (Å²) < 4.78 is 4.80. The molecule has 1 aromatic rings. The van der Waals surface area contributed by atoms with Crippen molar-refractivity contribution in [1.82, 2.24) is 0 Å². The number of esters is 1. The number of carbonyl (C=O) groups excluding carboxylic acids is 1. The van der Waals surface area contributed by atoms with Crippen molar-refractivity contribution >= 4 is 23.3 Å². The van der Waals surface area contributed by atoms with E-state index in [2.05, 4.69) is 0 Å². The molecule has 1 rings (SSSR count). The van der Waals surface area contributed by atoms with Crippen LogP contribution >= 0.6 is 11.6 Å². The van der Waals surface area contributed by atoms with E-state index in [1.165, 1.54) is 12.1 Å². The Morgan fingerprint density at radius 3 is 2.69 bits per heavy atom. The minimum absolute atomic E-state index is 0.0319. The summed E-state index contributed by atoms with van der Waals surface area (Å²) in [5.41, 5.74) is 0.388. The van der Waals surface area contributed by atoms with Gasteiger partial charge in [0.2, 0.25) is 0 Å². The molecule has 0 aliphatic heterocycles. The van der Waals surface area contributed by atoms with Crippen molar-refractivity contribution < 1.29 is 14.5 Å². The molecule has 0 N–H and O–H groups in total. The third-order valence-electron chi connectivity index (χ3n) is 2.06.